The number of rotatable bonds is 5. The van der Waals surface area contributed by atoms with E-state index in [2.05, 4.69) is 5.32 Å². The predicted octanol–water partition coefficient (Wildman–Crippen LogP) is 1.38. The van der Waals surface area contributed by atoms with Crippen LogP contribution in [0.5, 0.6) is 0 Å². The van der Waals surface area contributed by atoms with Crippen molar-refractivity contribution in [3.8, 4) is 0 Å². The van der Waals surface area contributed by atoms with Crippen LogP contribution >= 0.6 is 0 Å². The van der Waals surface area contributed by atoms with Crippen LogP contribution in [0.3, 0.4) is 0 Å². The Balaban J connectivity index is 1.67. The van der Waals surface area contributed by atoms with Crippen LogP contribution in [0.1, 0.15) is 32.3 Å². The number of likely N-dealkylation sites (N-methyl/N-ethyl adjacent to an activating group) is 1. The third kappa shape index (κ3) is 4.01. The standard InChI is InChI=1S/C19H27N3O4S/c1-13(2)12-20-19(24)14-6-8-22(9-7-14)27(25,26)16-4-5-17-15(10-16)11-18(23)21(17)3/h4-5,10,13-14H,6-9,11-12H2,1-3H3,(H,20,24). The van der Waals surface area contributed by atoms with Crippen molar-refractivity contribution in [2.24, 2.45) is 11.8 Å². The molecule has 1 fully saturated rings. The van der Waals surface area contributed by atoms with Gasteiger partial charge in [-0.3, -0.25) is 9.59 Å². The normalized spacial score (nSPS) is 18.8. The third-order valence-electron chi connectivity index (χ3n) is 5.28. The molecule has 0 aliphatic carbocycles. The summed E-state index contributed by atoms with van der Waals surface area (Å²) < 4.78 is 27.4. The number of fused-ring (bicyclic) bond motifs is 1. The van der Waals surface area contributed by atoms with Crippen molar-refractivity contribution in [1.29, 1.82) is 0 Å². The predicted molar refractivity (Wildman–Crippen MR) is 103 cm³/mol. The molecular weight excluding hydrogens is 366 g/mol. The van der Waals surface area contributed by atoms with Crippen molar-refractivity contribution >= 4 is 27.5 Å². The van der Waals surface area contributed by atoms with E-state index in [1.807, 2.05) is 13.8 Å². The van der Waals surface area contributed by atoms with Crippen molar-refractivity contribution < 1.29 is 18.0 Å². The first-order valence-corrected chi connectivity index (χ1v) is 10.8. The van der Waals surface area contributed by atoms with Gasteiger partial charge in [-0.05, 0) is 42.5 Å². The van der Waals surface area contributed by atoms with Crippen LogP contribution in [-0.4, -0.2) is 51.2 Å². The summed E-state index contributed by atoms with van der Waals surface area (Å²) >= 11 is 0. The van der Waals surface area contributed by atoms with Crippen LogP contribution in [0.4, 0.5) is 5.69 Å². The minimum atomic E-state index is -3.62. The molecule has 0 spiro atoms. The zero-order chi connectivity index (χ0) is 19.8. The molecule has 148 valence electrons. The first-order chi connectivity index (χ1) is 12.7. The lowest BCUT2D eigenvalue weighted by Gasteiger charge is -2.30. The van der Waals surface area contributed by atoms with E-state index in [0.29, 0.717) is 38.4 Å². The number of sulfonamides is 1. The number of amides is 2. The van der Waals surface area contributed by atoms with Gasteiger partial charge in [0.05, 0.1) is 11.3 Å². The van der Waals surface area contributed by atoms with Gasteiger partial charge in [0, 0.05) is 38.3 Å². The molecule has 2 aliphatic rings. The highest BCUT2D eigenvalue weighted by Gasteiger charge is 2.33. The van der Waals surface area contributed by atoms with Gasteiger partial charge in [-0.2, -0.15) is 4.31 Å². The Hall–Kier alpha value is -1.93. The second kappa shape index (κ2) is 7.59. The molecule has 0 bridgehead atoms. The summed E-state index contributed by atoms with van der Waals surface area (Å²) in [5.41, 5.74) is 1.51. The van der Waals surface area contributed by atoms with Gasteiger partial charge in [0.25, 0.3) is 0 Å². The van der Waals surface area contributed by atoms with E-state index < -0.39 is 10.0 Å². The quantitative estimate of drug-likeness (QED) is 0.819. The maximum atomic E-state index is 13.0. The van der Waals surface area contributed by atoms with E-state index in [9.17, 15) is 18.0 Å². The van der Waals surface area contributed by atoms with Crippen LogP contribution in [0.2, 0.25) is 0 Å². The van der Waals surface area contributed by atoms with Gasteiger partial charge < -0.3 is 10.2 Å². The van der Waals surface area contributed by atoms with Gasteiger partial charge in [0.2, 0.25) is 21.8 Å². The Bertz CT molecular complexity index is 843. The van der Waals surface area contributed by atoms with Crippen LogP contribution in [-0.2, 0) is 26.0 Å². The summed E-state index contributed by atoms with van der Waals surface area (Å²) in [6.45, 7) is 5.38. The van der Waals surface area contributed by atoms with Crippen molar-refractivity contribution in [1.82, 2.24) is 9.62 Å². The van der Waals surface area contributed by atoms with Gasteiger partial charge in [-0.1, -0.05) is 13.8 Å². The van der Waals surface area contributed by atoms with Crippen molar-refractivity contribution in [2.45, 2.75) is 38.0 Å². The highest BCUT2D eigenvalue weighted by molar-refractivity contribution is 7.89. The number of anilines is 1. The molecule has 2 aliphatic heterocycles. The Morgan fingerprint density at radius 1 is 1.26 bits per heavy atom. The molecule has 1 aromatic rings. The van der Waals surface area contributed by atoms with Gasteiger partial charge in [0.1, 0.15) is 0 Å². The topological polar surface area (TPSA) is 86.8 Å². The fourth-order valence-electron chi connectivity index (χ4n) is 3.56. The monoisotopic (exact) mass is 393 g/mol. The molecule has 7 nitrogen and oxygen atoms in total. The van der Waals surface area contributed by atoms with E-state index in [4.69, 9.17) is 0 Å². The van der Waals surface area contributed by atoms with E-state index in [-0.39, 0.29) is 29.0 Å². The zero-order valence-corrected chi connectivity index (χ0v) is 16.9. The molecule has 0 unspecified atom stereocenters. The Kier molecular flexibility index (Phi) is 5.58. The molecule has 0 radical (unpaired) electrons. The Morgan fingerprint density at radius 3 is 2.56 bits per heavy atom. The van der Waals surface area contributed by atoms with Crippen molar-refractivity contribution in [3.05, 3.63) is 23.8 Å². The molecule has 0 aromatic heterocycles. The Labute approximate surface area is 160 Å². The number of carbonyl (C=O) groups excluding carboxylic acids is 2. The fraction of sp³-hybridized carbons (Fsp3) is 0.579. The van der Waals surface area contributed by atoms with E-state index in [1.165, 1.54) is 4.31 Å². The van der Waals surface area contributed by atoms with Crippen molar-refractivity contribution in [2.75, 3.05) is 31.6 Å². The number of hydrogen-bond donors (Lipinski definition) is 1. The molecule has 0 atom stereocenters. The number of benzene rings is 1. The summed E-state index contributed by atoms with van der Waals surface area (Å²) in [6.07, 6.45) is 1.28. The fourth-order valence-corrected chi connectivity index (χ4v) is 5.08. The van der Waals surface area contributed by atoms with Gasteiger partial charge in [-0.25, -0.2) is 8.42 Å². The van der Waals surface area contributed by atoms with Gasteiger partial charge in [-0.15, -0.1) is 0 Å². The van der Waals surface area contributed by atoms with E-state index >= 15 is 0 Å². The van der Waals surface area contributed by atoms with Crippen LogP contribution in [0.15, 0.2) is 23.1 Å². The second-order valence-electron chi connectivity index (χ2n) is 7.74. The number of carbonyl (C=O) groups is 2. The van der Waals surface area contributed by atoms with Crippen molar-refractivity contribution in [3.63, 3.8) is 0 Å². The lowest BCUT2D eigenvalue weighted by atomic mass is 9.97. The average molecular weight is 394 g/mol. The number of piperidine rings is 1. The molecule has 2 amide bonds. The van der Waals surface area contributed by atoms with E-state index in [0.717, 1.165) is 11.3 Å². The number of hydrogen-bond acceptors (Lipinski definition) is 4. The second-order valence-corrected chi connectivity index (χ2v) is 9.68. The highest BCUT2D eigenvalue weighted by atomic mass is 32.2. The minimum absolute atomic E-state index is 0.0137. The first kappa shape index (κ1) is 19.8. The largest absolute Gasteiger partial charge is 0.356 e. The maximum absolute atomic E-state index is 13.0. The maximum Gasteiger partial charge on any atom is 0.243 e. The summed E-state index contributed by atoms with van der Waals surface area (Å²) in [5.74, 6) is 0.231. The molecule has 2 heterocycles. The van der Waals surface area contributed by atoms with Gasteiger partial charge >= 0.3 is 0 Å². The highest BCUT2D eigenvalue weighted by Crippen LogP contribution is 2.31. The van der Waals surface area contributed by atoms with E-state index in [1.54, 1.807) is 30.1 Å². The van der Waals surface area contributed by atoms with Crippen LogP contribution in [0.25, 0.3) is 0 Å². The lowest BCUT2D eigenvalue weighted by Crippen LogP contribution is -2.43. The third-order valence-corrected chi connectivity index (χ3v) is 7.17. The molecule has 8 heteroatoms. The first-order valence-electron chi connectivity index (χ1n) is 9.37. The summed E-state index contributed by atoms with van der Waals surface area (Å²) in [5, 5.41) is 2.93. The SMILES string of the molecule is CC(C)CNC(=O)C1CCN(S(=O)(=O)c2ccc3c(c2)CC(=O)N3C)CC1. The molecule has 1 N–H and O–H groups in total. The van der Waals surface area contributed by atoms with Gasteiger partial charge in [0.15, 0.2) is 0 Å². The molecule has 1 aromatic carbocycles. The smallest absolute Gasteiger partial charge is 0.243 e. The molecule has 0 saturated carbocycles. The Morgan fingerprint density at radius 2 is 1.93 bits per heavy atom. The average Bonchev–Trinajstić information content (AvgIpc) is 2.93. The van der Waals surface area contributed by atoms with Crippen LogP contribution < -0.4 is 10.2 Å². The summed E-state index contributed by atoms with van der Waals surface area (Å²) in [7, 11) is -1.93. The minimum Gasteiger partial charge on any atom is -0.356 e. The molecule has 3 rings (SSSR count). The zero-order valence-electron chi connectivity index (χ0n) is 16.1. The number of nitrogens with zero attached hydrogens (tertiary/aromatic N) is 2. The number of nitrogens with one attached hydrogen (secondary N) is 1. The summed E-state index contributed by atoms with van der Waals surface area (Å²) in [4.78, 5) is 25.8. The molecule has 27 heavy (non-hydrogen) atoms. The molecule has 1 saturated heterocycles. The summed E-state index contributed by atoms with van der Waals surface area (Å²) in [6, 6.07) is 4.86. The lowest BCUT2D eigenvalue weighted by molar-refractivity contribution is -0.126. The molecular formula is C19H27N3O4S. The van der Waals surface area contributed by atoms with Crippen LogP contribution in [0, 0.1) is 11.8 Å².